The molecule has 0 spiro atoms. The summed E-state index contributed by atoms with van der Waals surface area (Å²) in [5.74, 6) is 0.829. The summed E-state index contributed by atoms with van der Waals surface area (Å²) in [5.41, 5.74) is 8.86. The fourth-order valence-electron chi connectivity index (χ4n) is 1.72. The number of halogens is 1. The second-order valence-corrected chi connectivity index (χ2v) is 4.63. The highest BCUT2D eigenvalue weighted by Crippen LogP contribution is 2.21. The molecule has 0 aliphatic rings. The SMILES string of the molecule is Cc1cc(OCc2cccc(CN)c2)ccc1Cl. The van der Waals surface area contributed by atoms with Crippen LogP contribution in [0.3, 0.4) is 0 Å². The van der Waals surface area contributed by atoms with Crippen molar-refractivity contribution in [2.75, 3.05) is 0 Å². The van der Waals surface area contributed by atoms with Crippen LogP contribution in [-0.4, -0.2) is 0 Å². The third-order valence-corrected chi connectivity index (χ3v) is 3.19. The van der Waals surface area contributed by atoms with Crippen molar-refractivity contribution in [3.05, 3.63) is 64.2 Å². The lowest BCUT2D eigenvalue weighted by Gasteiger charge is -2.08. The summed E-state index contributed by atoms with van der Waals surface area (Å²) in [5, 5.41) is 0.757. The summed E-state index contributed by atoms with van der Waals surface area (Å²) in [6.07, 6.45) is 0. The fraction of sp³-hybridized carbons (Fsp3) is 0.200. The van der Waals surface area contributed by atoms with Gasteiger partial charge in [0.2, 0.25) is 0 Å². The first-order chi connectivity index (χ1) is 8.69. The summed E-state index contributed by atoms with van der Waals surface area (Å²) in [7, 11) is 0. The van der Waals surface area contributed by atoms with Crippen molar-refractivity contribution >= 4 is 11.6 Å². The van der Waals surface area contributed by atoms with Crippen LogP contribution in [0.4, 0.5) is 0 Å². The molecular weight excluding hydrogens is 246 g/mol. The molecule has 0 fully saturated rings. The first-order valence-electron chi connectivity index (χ1n) is 5.86. The van der Waals surface area contributed by atoms with Crippen LogP contribution in [0.1, 0.15) is 16.7 Å². The standard InChI is InChI=1S/C15H16ClNO/c1-11-7-14(5-6-15(11)16)18-10-13-4-2-3-12(8-13)9-17/h2-8H,9-10,17H2,1H3. The van der Waals surface area contributed by atoms with Crippen LogP contribution in [0.2, 0.25) is 5.02 Å². The minimum atomic E-state index is 0.537. The van der Waals surface area contributed by atoms with Gasteiger partial charge in [0.25, 0.3) is 0 Å². The van der Waals surface area contributed by atoms with E-state index in [9.17, 15) is 0 Å². The van der Waals surface area contributed by atoms with Gasteiger partial charge in [-0.1, -0.05) is 35.9 Å². The number of nitrogens with two attached hydrogens (primary N) is 1. The van der Waals surface area contributed by atoms with Crippen LogP contribution in [-0.2, 0) is 13.2 Å². The van der Waals surface area contributed by atoms with Gasteiger partial charge in [0, 0.05) is 11.6 Å². The summed E-state index contributed by atoms with van der Waals surface area (Å²) in [4.78, 5) is 0. The first kappa shape index (κ1) is 12.9. The zero-order valence-corrected chi connectivity index (χ0v) is 11.1. The van der Waals surface area contributed by atoms with Gasteiger partial charge in [-0.3, -0.25) is 0 Å². The maximum Gasteiger partial charge on any atom is 0.120 e. The molecule has 2 aromatic rings. The molecule has 0 bridgehead atoms. The van der Waals surface area contributed by atoms with E-state index in [0.29, 0.717) is 13.2 Å². The highest BCUT2D eigenvalue weighted by atomic mass is 35.5. The predicted molar refractivity (Wildman–Crippen MR) is 74.9 cm³/mol. The van der Waals surface area contributed by atoms with Gasteiger partial charge in [-0.2, -0.15) is 0 Å². The molecule has 0 aromatic heterocycles. The normalized spacial score (nSPS) is 10.4. The summed E-state index contributed by atoms with van der Waals surface area (Å²) < 4.78 is 5.73. The number of hydrogen-bond donors (Lipinski definition) is 1. The Bertz CT molecular complexity index is 540. The van der Waals surface area contributed by atoms with E-state index in [1.165, 1.54) is 0 Å². The number of aryl methyl sites for hydroxylation is 1. The molecule has 2 nitrogen and oxygen atoms in total. The average Bonchev–Trinajstić information content (AvgIpc) is 2.40. The van der Waals surface area contributed by atoms with E-state index in [-0.39, 0.29) is 0 Å². The highest BCUT2D eigenvalue weighted by Gasteiger charge is 2.00. The molecule has 0 amide bonds. The van der Waals surface area contributed by atoms with Crippen LogP contribution in [0.5, 0.6) is 5.75 Å². The second kappa shape index (κ2) is 5.89. The number of rotatable bonds is 4. The zero-order chi connectivity index (χ0) is 13.0. The molecule has 94 valence electrons. The number of ether oxygens (including phenoxy) is 1. The molecule has 0 radical (unpaired) electrons. The van der Waals surface area contributed by atoms with E-state index in [1.54, 1.807) is 0 Å². The fourth-order valence-corrected chi connectivity index (χ4v) is 1.84. The number of benzene rings is 2. The largest absolute Gasteiger partial charge is 0.489 e. The molecule has 0 atom stereocenters. The van der Waals surface area contributed by atoms with Crippen LogP contribution >= 0.6 is 11.6 Å². The van der Waals surface area contributed by atoms with Crippen molar-refractivity contribution in [1.29, 1.82) is 0 Å². The predicted octanol–water partition coefficient (Wildman–Crippen LogP) is 3.69. The van der Waals surface area contributed by atoms with E-state index in [4.69, 9.17) is 22.1 Å². The number of hydrogen-bond acceptors (Lipinski definition) is 2. The van der Waals surface area contributed by atoms with E-state index in [2.05, 4.69) is 6.07 Å². The van der Waals surface area contributed by atoms with Crippen LogP contribution < -0.4 is 10.5 Å². The van der Waals surface area contributed by atoms with Gasteiger partial charge < -0.3 is 10.5 Å². The molecule has 0 saturated carbocycles. The van der Waals surface area contributed by atoms with Crippen LogP contribution in [0.25, 0.3) is 0 Å². The molecule has 2 rings (SSSR count). The Morgan fingerprint density at radius 3 is 2.61 bits per heavy atom. The van der Waals surface area contributed by atoms with E-state index < -0.39 is 0 Å². The van der Waals surface area contributed by atoms with Gasteiger partial charge in [0.15, 0.2) is 0 Å². The molecule has 0 aliphatic heterocycles. The summed E-state index contributed by atoms with van der Waals surface area (Å²) in [6.45, 7) is 3.05. The lowest BCUT2D eigenvalue weighted by Crippen LogP contribution is -2.00. The van der Waals surface area contributed by atoms with Crippen LogP contribution in [0.15, 0.2) is 42.5 Å². The van der Waals surface area contributed by atoms with Gasteiger partial charge in [-0.05, 0) is 41.8 Å². The lowest BCUT2D eigenvalue weighted by molar-refractivity contribution is 0.306. The quantitative estimate of drug-likeness (QED) is 0.911. The van der Waals surface area contributed by atoms with Crippen molar-refractivity contribution in [3.63, 3.8) is 0 Å². The molecule has 0 aliphatic carbocycles. The van der Waals surface area contributed by atoms with E-state index >= 15 is 0 Å². The average molecular weight is 262 g/mol. The van der Waals surface area contributed by atoms with Crippen molar-refractivity contribution in [2.45, 2.75) is 20.1 Å². The van der Waals surface area contributed by atoms with Crippen LogP contribution in [0, 0.1) is 6.92 Å². The molecule has 2 N–H and O–H groups in total. The molecule has 0 saturated heterocycles. The zero-order valence-electron chi connectivity index (χ0n) is 10.3. The second-order valence-electron chi connectivity index (χ2n) is 4.22. The van der Waals surface area contributed by atoms with Gasteiger partial charge >= 0.3 is 0 Å². The Morgan fingerprint density at radius 2 is 1.89 bits per heavy atom. The Balaban J connectivity index is 2.04. The minimum Gasteiger partial charge on any atom is -0.489 e. The third-order valence-electron chi connectivity index (χ3n) is 2.76. The van der Waals surface area contributed by atoms with Crippen molar-refractivity contribution in [2.24, 2.45) is 5.73 Å². The molecule has 18 heavy (non-hydrogen) atoms. The smallest absolute Gasteiger partial charge is 0.120 e. The Morgan fingerprint density at radius 1 is 1.11 bits per heavy atom. The molecule has 0 unspecified atom stereocenters. The molecule has 0 heterocycles. The molecular formula is C15H16ClNO. The topological polar surface area (TPSA) is 35.2 Å². The maximum atomic E-state index is 5.97. The Kier molecular flexibility index (Phi) is 4.24. The molecule has 3 heteroatoms. The van der Waals surface area contributed by atoms with Gasteiger partial charge in [-0.25, -0.2) is 0 Å². The lowest BCUT2D eigenvalue weighted by atomic mass is 10.1. The monoisotopic (exact) mass is 261 g/mol. The van der Waals surface area contributed by atoms with Gasteiger partial charge in [-0.15, -0.1) is 0 Å². The third kappa shape index (κ3) is 3.25. The Hall–Kier alpha value is -1.51. The summed E-state index contributed by atoms with van der Waals surface area (Å²) in [6, 6.07) is 13.8. The molecule has 2 aromatic carbocycles. The highest BCUT2D eigenvalue weighted by molar-refractivity contribution is 6.31. The Labute approximate surface area is 112 Å². The first-order valence-corrected chi connectivity index (χ1v) is 6.23. The summed E-state index contributed by atoms with van der Waals surface area (Å²) >= 11 is 5.97. The van der Waals surface area contributed by atoms with E-state index in [0.717, 1.165) is 27.5 Å². The van der Waals surface area contributed by atoms with Crippen molar-refractivity contribution in [3.8, 4) is 5.75 Å². The van der Waals surface area contributed by atoms with Crippen molar-refractivity contribution < 1.29 is 4.74 Å². The van der Waals surface area contributed by atoms with Gasteiger partial charge in [0.05, 0.1) is 0 Å². The van der Waals surface area contributed by atoms with Gasteiger partial charge in [0.1, 0.15) is 12.4 Å². The van der Waals surface area contributed by atoms with E-state index in [1.807, 2.05) is 43.3 Å². The van der Waals surface area contributed by atoms with Crippen molar-refractivity contribution in [1.82, 2.24) is 0 Å². The minimum absolute atomic E-state index is 0.537. The maximum absolute atomic E-state index is 5.97.